The minimum Gasteiger partial charge on any atom is -0.325 e. The van der Waals surface area contributed by atoms with Crippen LogP contribution in [0.3, 0.4) is 0 Å². The number of para-hydroxylation sites is 1. The molecule has 1 rings (SSSR count). The first-order chi connectivity index (χ1) is 8.60. The highest BCUT2D eigenvalue weighted by molar-refractivity contribution is 5.94. The highest BCUT2D eigenvalue weighted by atomic mass is 16.1. The van der Waals surface area contributed by atoms with Crippen molar-refractivity contribution in [3.63, 3.8) is 0 Å². The molecule has 1 unspecified atom stereocenters. The van der Waals surface area contributed by atoms with Gasteiger partial charge in [-0.2, -0.15) is 5.26 Å². The Morgan fingerprint density at radius 2 is 2.06 bits per heavy atom. The number of anilines is 1. The molecule has 1 N–H and O–H groups in total. The van der Waals surface area contributed by atoms with Crippen molar-refractivity contribution in [1.82, 2.24) is 0 Å². The molecule has 1 amide bonds. The maximum Gasteiger partial charge on any atom is 0.241 e. The van der Waals surface area contributed by atoms with E-state index in [0.29, 0.717) is 0 Å². The first-order valence-corrected chi connectivity index (χ1v) is 6.38. The van der Waals surface area contributed by atoms with E-state index in [0.717, 1.165) is 24.1 Å². The smallest absolute Gasteiger partial charge is 0.241 e. The minimum atomic E-state index is -0.598. The fraction of sp³-hybridized carbons (Fsp3) is 0.467. The molecule has 0 bridgehead atoms. The Morgan fingerprint density at radius 1 is 1.39 bits per heavy atom. The van der Waals surface area contributed by atoms with E-state index >= 15 is 0 Å². The van der Waals surface area contributed by atoms with Gasteiger partial charge in [0.2, 0.25) is 5.91 Å². The van der Waals surface area contributed by atoms with Crippen LogP contribution in [0.5, 0.6) is 0 Å². The van der Waals surface area contributed by atoms with Gasteiger partial charge in [0.05, 0.1) is 6.07 Å². The van der Waals surface area contributed by atoms with Gasteiger partial charge in [-0.1, -0.05) is 45.4 Å². The first kappa shape index (κ1) is 14.2. The number of hydrogen-bond acceptors (Lipinski definition) is 2. The van der Waals surface area contributed by atoms with Crippen LogP contribution in [0.1, 0.15) is 32.8 Å². The SMILES string of the molecule is CCCc1ccccc1NC(=O)C(C#N)C(C)C. The van der Waals surface area contributed by atoms with Crippen LogP contribution in [0.15, 0.2) is 24.3 Å². The van der Waals surface area contributed by atoms with Crippen LogP contribution in [-0.2, 0) is 11.2 Å². The zero-order valence-electron chi connectivity index (χ0n) is 11.2. The summed E-state index contributed by atoms with van der Waals surface area (Å²) in [5.41, 5.74) is 1.94. The molecule has 0 saturated carbocycles. The quantitative estimate of drug-likeness (QED) is 0.863. The van der Waals surface area contributed by atoms with Gasteiger partial charge in [-0.15, -0.1) is 0 Å². The van der Waals surface area contributed by atoms with Crippen molar-refractivity contribution < 1.29 is 4.79 Å². The monoisotopic (exact) mass is 244 g/mol. The van der Waals surface area contributed by atoms with Crippen LogP contribution in [0.4, 0.5) is 5.69 Å². The van der Waals surface area contributed by atoms with E-state index < -0.39 is 5.92 Å². The number of carbonyl (C=O) groups excluding carboxylic acids is 1. The van der Waals surface area contributed by atoms with E-state index in [4.69, 9.17) is 5.26 Å². The summed E-state index contributed by atoms with van der Waals surface area (Å²) in [6, 6.07) is 9.81. The van der Waals surface area contributed by atoms with Crippen molar-refractivity contribution >= 4 is 11.6 Å². The summed E-state index contributed by atoms with van der Waals surface area (Å²) in [6.07, 6.45) is 1.95. The Balaban J connectivity index is 2.85. The Labute approximate surface area is 109 Å². The van der Waals surface area contributed by atoms with E-state index in [2.05, 4.69) is 18.3 Å². The van der Waals surface area contributed by atoms with Crippen molar-refractivity contribution in [1.29, 1.82) is 5.26 Å². The lowest BCUT2D eigenvalue weighted by Gasteiger charge is -2.15. The summed E-state index contributed by atoms with van der Waals surface area (Å²) in [5.74, 6) is -0.788. The molecular weight excluding hydrogens is 224 g/mol. The highest BCUT2D eigenvalue weighted by Crippen LogP contribution is 2.19. The summed E-state index contributed by atoms with van der Waals surface area (Å²) in [5, 5.41) is 11.9. The number of hydrogen-bond donors (Lipinski definition) is 1. The summed E-state index contributed by atoms with van der Waals surface area (Å²) >= 11 is 0. The van der Waals surface area contributed by atoms with Gasteiger partial charge in [-0.05, 0) is 24.0 Å². The lowest BCUT2D eigenvalue weighted by atomic mass is 9.96. The lowest BCUT2D eigenvalue weighted by Crippen LogP contribution is -2.26. The van der Waals surface area contributed by atoms with E-state index in [1.165, 1.54) is 0 Å². The Bertz CT molecular complexity index is 446. The average molecular weight is 244 g/mol. The van der Waals surface area contributed by atoms with E-state index in [9.17, 15) is 4.79 Å². The van der Waals surface area contributed by atoms with Gasteiger partial charge in [0.1, 0.15) is 5.92 Å². The van der Waals surface area contributed by atoms with Gasteiger partial charge in [-0.25, -0.2) is 0 Å². The number of nitriles is 1. The van der Waals surface area contributed by atoms with Crippen LogP contribution in [-0.4, -0.2) is 5.91 Å². The highest BCUT2D eigenvalue weighted by Gasteiger charge is 2.22. The molecule has 0 aliphatic rings. The van der Waals surface area contributed by atoms with Crippen LogP contribution in [0.25, 0.3) is 0 Å². The Morgan fingerprint density at radius 3 is 2.61 bits per heavy atom. The van der Waals surface area contributed by atoms with Crippen LogP contribution >= 0.6 is 0 Å². The normalized spacial score (nSPS) is 11.9. The van der Waals surface area contributed by atoms with E-state index in [1.807, 2.05) is 38.1 Å². The molecule has 0 spiro atoms. The fourth-order valence-electron chi connectivity index (χ4n) is 1.85. The third kappa shape index (κ3) is 3.59. The molecule has 0 aromatic heterocycles. The molecule has 0 heterocycles. The third-order valence-corrected chi connectivity index (χ3v) is 2.88. The largest absolute Gasteiger partial charge is 0.325 e. The van der Waals surface area contributed by atoms with Crippen molar-refractivity contribution in [3.05, 3.63) is 29.8 Å². The molecule has 0 fully saturated rings. The van der Waals surface area contributed by atoms with E-state index in [-0.39, 0.29) is 11.8 Å². The van der Waals surface area contributed by atoms with Gasteiger partial charge < -0.3 is 5.32 Å². The number of benzene rings is 1. The fourth-order valence-corrected chi connectivity index (χ4v) is 1.85. The summed E-state index contributed by atoms with van der Waals surface area (Å²) in [4.78, 5) is 12.0. The molecule has 18 heavy (non-hydrogen) atoms. The zero-order chi connectivity index (χ0) is 13.5. The molecule has 1 aromatic rings. The predicted molar refractivity (Wildman–Crippen MR) is 73.0 cm³/mol. The van der Waals surface area contributed by atoms with Gasteiger partial charge in [-0.3, -0.25) is 4.79 Å². The van der Waals surface area contributed by atoms with Crippen molar-refractivity contribution in [2.75, 3.05) is 5.32 Å². The second-order valence-electron chi connectivity index (χ2n) is 4.75. The molecular formula is C15H20N2O. The van der Waals surface area contributed by atoms with Gasteiger partial charge >= 0.3 is 0 Å². The topological polar surface area (TPSA) is 52.9 Å². The van der Waals surface area contributed by atoms with Crippen molar-refractivity contribution in [2.24, 2.45) is 11.8 Å². The van der Waals surface area contributed by atoms with Crippen LogP contribution < -0.4 is 5.32 Å². The first-order valence-electron chi connectivity index (χ1n) is 6.38. The van der Waals surface area contributed by atoms with Crippen LogP contribution in [0, 0.1) is 23.2 Å². The predicted octanol–water partition coefficient (Wildman–Crippen LogP) is 3.37. The molecule has 1 aromatic carbocycles. The molecule has 3 heteroatoms. The molecule has 3 nitrogen and oxygen atoms in total. The second kappa shape index (κ2) is 6.80. The number of rotatable bonds is 5. The average Bonchev–Trinajstić information content (AvgIpc) is 2.32. The zero-order valence-corrected chi connectivity index (χ0v) is 11.2. The third-order valence-electron chi connectivity index (χ3n) is 2.88. The Hall–Kier alpha value is -1.82. The van der Waals surface area contributed by atoms with Gasteiger partial charge in [0, 0.05) is 5.69 Å². The number of nitrogens with one attached hydrogen (secondary N) is 1. The Kier molecular flexibility index (Phi) is 5.38. The van der Waals surface area contributed by atoms with E-state index in [1.54, 1.807) is 0 Å². The molecule has 0 aliphatic heterocycles. The van der Waals surface area contributed by atoms with Gasteiger partial charge in [0.15, 0.2) is 0 Å². The second-order valence-corrected chi connectivity index (χ2v) is 4.75. The maximum atomic E-state index is 12.0. The van der Waals surface area contributed by atoms with Crippen molar-refractivity contribution in [3.8, 4) is 6.07 Å². The molecule has 1 atom stereocenters. The molecule has 0 radical (unpaired) electrons. The number of aryl methyl sites for hydroxylation is 1. The number of carbonyl (C=O) groups is 1. The molecule has 96 valence electrons. The minimum absolute atomic E-state index is 0.0216. The number of nitrogens with zero attached hydrogens (tertiary/aromatic N) is 1. The standard InChI is InChI=1S/C15H20N2O/c1-4-7-12-8-5-6-9-14(12)17-15(18)13(10-16)11(2)3/h5-6,8-9,11,13H,4,7H2,1-3H3,(H,17,18). The summed E-state index contributed by atoms with van der Waals surface area (Å²) < 4.78 is 0. The lowest BCUT2D eigenvalue weighted by molar-refractivity contribution is -0.119. The molecule has 0 aliphatic carbocycles. The van der Waals surface area contributed by atoms with Crippen LogP contribution in [0.2, 0.25) is 0 Å². The van der Waals surface area contributed by atoms with Crippen molar-refractivity contribution in [2.45, 2.75) is 33.6 Å². The maximum absolute atomic E-state index is 12.0. The molecule has 0 saturated heterocycles. The summed E-state index contributed by atoms with van der Waals surface area (Å²) in [6.45, 7) is 5.86. The number of amides is 1. The summed E-state index contributed by atoms with van der Waals surface area (Å²) in [7, 11) is 0. The van der Waals surface area contributed by atoms with Gasteiger partial charge in [0.25, 0.3) is 0 Å².